The lowest BCUT2D eigenvalue weighted by Crippen LogP contribution is -2.14. The SMILES string of the molecule is O=[N+]([O-])c1ccc(N[C@@H](CO)c2ccccc2)cc1. The number of hydrogen-bond donors (Lipinski definition) is 2. The molecule has 0 aliphatic carbocycles. The number of nitrogens with one attached hydrogen (secondary N) is 1. The summed E-state index contributed by atoms with van der Waals surface area (Å²) >= 11 is 0. The van der Waals surface area contributed by atoms with Crippen molar-refractivity contribution in [1.82, 2.24) is 0 Å². The van der Waals surface area contributed by atoms with Crippen molar-refractivity contribution in [3.8, 4) is 0 Å². The number of nitrogens with zero attached hydrogens (tertiary/aromatic N) is 1. The van der Waals surface area contributed by atoms with Gasteiger partial charge in [0.1, 0.15) is 0 Å². The number of nitro benzene ring substituents is 1. The summed E-state index contributed by atoms with van der Waals surface area (Å²) in [5.41, 5.74) is 1.74. The van der Waals surface area contributed by atoms with Gasteiger partial charge in [-0.3, -0.25) is 10.1 Å². The fourth-order valence-corrected chi connectivity index (χ4v) is 1.80. The molecule has 0 fully saturated rings. The summed E-state index contributed by atoms with van der Waals surface area (Å²) in [7, 11) is 0. The van der Waals surface area contributed by atoms with E-state index in [1.807, 2.05) is 30.3 Å². The number of aliphatic hydroxyl groups excluding tert-OH is 1. The molecule has 2 aromatic rings. The van der Waals surface area contributed by atoms with E-state index in [4.69, 9.17) is 0 Å². The largest absolute Gasteiger partial charge is 0.394 e. The van der Waals surface area contributed by atoms with Crippen LogP contribution in [0, 0.1) is 10.1 Å². The molecule has 5 heteroatoms. The molecular weight excluding hydrogens is 244 g/mol. The first kappa shape index (κ1) is 13.0. The van der Waals surface area contributed by atoms with Crippen LogP contribution < -0.4 is 5.32 Å². The Morgan fingerprint density at radius 2 is 1.74 bits per heavy atom. The lowest BCUT2D eigenvalue weighted by Gasteiger charge is -2.17. The first-order chi connectivity index (χ1) is 9.20. The third-order valence-electron chi connectivity index (χ3n) is 2.80. The Kier molecular flexibility index (Phi) is 4.10. The molecule has 0 aromatic heterocycles. The Bertz CT molecular complexity index is 540. The zero-order valence-electron chi connectivity index (χ0n) is 10.2. The molecule has 0 saturated heterocycles. The molecule has 0 aliphatic rings. The van der Waals surface area contributed by atoms with Gasteiger partial charge in [-0.2, -0.15) is 0 Å². The van der Waals surface area contributed by atoms with E-state index in [9.17, 15) is 15.2 Å². The molecule has 5 nitrogen and oxygen atoms in total. The van der Waals surface area contributed by atoms with Crippen LogP contribution in [0.3, 0.4) is 0 Å². The summed E-state index contributed by atoms with van der Waals surface area (Å²) < 4.78 is 0. The molecule has 0 aliphatic heterocycles. The fourth-order valence-electron chi connectivity index (χ4n) is 1.80. The van der Waals surface area contributed by atoms with Gasteiger partial charge in [0.15, 0.2) is 0 Å². The summed E-state index contributed by atoms with van der Waals surface area (Å²) in [6, 6.07) is 15.4. The van der Waals surface area contributed by atoms with Gasteiger partial charge < -0.3 is 10.4 Å². The molecule has 0 spiro atoms. The molecule has 0 amide bonds. The first-order valence-electron chi connectivity index (χ1n) is 5.87. The van der Waals surface area contributed by atoms with Crippen molar-refractivity contribution in [2.24, 2.45) is 0 Å². The topological polar surface area (TPSA) is 75.4 Å². The minimum absolute atomic E-state index is 0.0470. The molecule has 0 bridgehead atoms. The third-order valence-corrected chi connectivity index (χ3v) is 2.80. The van der Waals surface area contributed by atoms with Crippen molar-refractivity contribution in [2.75, 3.05) is 11.9 Å². The maximum atomic E-state index is 10.6. The van der Waals surface area contributed by atoms with Crippen LogP contribution >= 0.6 is 0 Å². The summed E-state index contributed by atoms with van der Waals surface area (Å²) in [6.07, 6.45) is 0. The van der Waals surface area contributed by atoms with Crippen LogP contribution in [0.1, 0.15) is 11.6 Å². The molecule has 2 rings (SSSR count). The molecular formula is C14H14N2O3. The third kappa shape index (κ3) is 3.29. The second-order valence-electron chi connectivity index (χ2n) is 4.09. The van der Waals surface area contributed by atoms with E-state index >= 15 is 0 Å². The Hall–Kier alpha value is -2.40. The molecule has 98 valence electrons. The Labute approximate surface area is 110 Å². The van der Waals surface area contributed by atoms with Crippen LogP contribution in [0.25, 0.3) is 0 Å². The summed E-state index contributed by atoms with van der Waals surface area (Å²) in [4.78, 5) is 10.1. The Morgan fingerprint density at radius 1 is 1.11 bits per heavy atom. The number of non-ortho nitro benzene ring substituents is 1. The van der Waals surface area contributed by atoms with Crippen LogP contribution in [0.4, 0.5) is 11.4 Å². The normalized spacial score (nSPS) is 11.8. The smallest absolute Gasteiger partial charge is 0.269 e. The van der Waals surface area contributed by atoms with Crippen molar-refractivity contribution < 1.29 is 10.0 Å². The van der Waals surface area contributed by atoms with Gasteiger partial charge >= 0.3 is 0 Å². The van der Waals surface area contributed by atoms with Gasteiger partial charge in [-0.15, -0.1) is 0 Å². The summed E-state index contributed by atoms with van der Waals surface area (Å²) in [5.74, 6) is 0. The highest BCUT2D eigenvalue weighted by Gasteiger charge is 2.10. The van der Waals surface area contributed by atoms with Gasteiger partial charge in [0.2, 0.25) is 0 Å². The highest BCUT2D eigenvalue weighted by Crippen LogP contribution is 2.21. The molecule has 0 radical (unpaired) electrons. The van der Waals surface area contributed by atoms with Crippen molar-refractivity contribution in [3.63, 3.8) is 0 Å². The van der Waals surface area contributed by atoms with Crippen molar-refractivity contribution in [1.29, 1.82) is 0 Å². The highest BCUT2D eigenvalue weighted by molar-refractivity contribution is 5.50. The van der Waals surface area contributed by atoms with Gasteiger partial charge in [0.25, 0.3) is 5.69 Å². The van der Waals surface area contributed by atoms with E-state index in [1.54, 1.807) is 12.1 Å². The number of aliphatic hydroxyl groups is 1. The monoisotopic (exact) mass is 258 g/mol. The van der Waals surface area contributed by atoms with E-state index in [0.717, 1.165) is 11.3 Å². The predicted octanol–water partition coefficient (Wildman–Crippen LogP) is 2.74. The van der Waals surface area contributed by atoms with Crippen LogP contribution in [0.5, 0.6) is 0 Å². The van der Waals surface area contributed by atoms with Gasteiger partial charge in [-0.1, -0.05) is 30.3 Å². The van der Waals surface area contributed by atoms with E-state index in [-0.39, 0.29) is 18.3 Å². The molecule has 2 aromatic carbocycles. The summed E-state index contributed by atoms with van der Waals surface area (Å²) in [6.45, 7) is -0.0546. The Morgan fingerprint density at radius 3 is 2.26 bits per heavy atom. The van der Waals surface area contributed by atoms with E-state index < -0.39 is 4.92 Å². The van der Waals surface area contributed by atoms with Crippen molar-refractivity contribution >= 4 is 11.4 Å². The fraction of sp³-hybridized carbons (Fsp3) is 0.143. The van der Waals surface area contributed by atoms with E-state index in [2.05, 4.69) is 5.32 Å². The van der Waals surface area contributed by atoms with Gasteiger partial charge in [0.05, 0.1) is 17.6 Å². The number of hydrogen-bond acceptors (Lipinski definition) is 4. The molecule has 19 heavy (non-hydrogen) atoms. The zero-order chi connectivity index (χ0) is 13.7. The van der Waals surface area contributed by atoms with E-state index in [1.165, 1.54) is 12.1 Å². The molecule has 1 atom stereocenters. The lowest BCUT2D eigenvalue weighted by molar-refractivity contribution is -0.384. The second kappa shape index (κ2) is 5.97. The standard InChI is InChI=1S/C14H14N2O3/c17-10-14(11-4-2-1-3-5-11)15-12-6-8-13(9-7-12)16(18)19/h1-9,14-15,17H,10H2/t14-/m0/s1. The average molecular weight is 258 g/mol. The van der Waals surface area contributed by atoms with Crippen LogP contribution in [-0.2, 0) is 0 Å². The quantitative estimate of drug-likeness (QED) is 0.638. The zero-order valence-corrected chi connectivity index (χ0v) is 10.2. The molecule has 0 heterocycles. The maximum absolute atomic E-state index is 10.6. The number of rotatable bonds is 5. The van der Waals surface area contributed by atoms with Gasteiger partial charge in [-0.05, 0) is 17.7 Å². The van der Waals surface area contributed by atoms with Gasteiger partial charge in [0, 0.05) is 17.8 Å². The first-order valence-corrected chi connectivity index (χ1v) is 5.87. The van der Waals surface area contributed by atoms with Gasteiger partial charge in [-0.25, -0.2) is 0 Å². The van der Waals surface area contributed by atoms with Crippen molar-refractivity contribution in [3.05, 3.63) is 70.3 Å². The average Bonchev–Trinajstić information content (AvgIpc) is 2.46. The number of nitro groups is 1. The summed E-state index contributed by atoms with van der Waals surface area (Å²) in [5, 5.41) is 23.1. The van der Waals surface area contributed by atoms with Crippen LogP contribution in [-0.4, -0.2) is 16.6 Å². The maximum Gasteiger partial charge on any atom is 0.269 e. The second-order valence-corrected chi connectivity index (χ2v) is 4.09. The molecule has 0 unspecified atom stereocenters. The number of anilines is 1. The lowest BCUT2D eigenvalue weighted by atomic mass is 10.1. The van der Waals surface area contributed by atoms with Crippen LogP contribution in [0.2, 0.25) is 0 Å². The molecule has 0 saturated carbocycles. The minimum Gasteiger partial charge on any atom is -0.394 e. The van der Waals surface area contributed by atoms with Crippen LogP contribution in [0.15, 0.2) is 54.6 Å². The predicted molar refractivity (Wildman–Crippen MR) is 73.0 cm³/mol. The minimum atomic E-state index is -0.440. The van der Waals surface area contributed by atoms with Crippen molar-refractivity contribution in [2.45, 2.75) is 6.04 Å². The molecule has 2 N–H and O–H groups in total. The highest BCUT2D eigenvalue weighted by atomic mass is 16.6. The Balaban J connectivity index is 2.12. The van der Waals surface area contributed by atoms with E-state index in [0.29, 0.717) is 0 Å². The number of benzene rings is 2.